The van der Waals surface area contributed by atoms with Crippen LogP contribution in [-0.2, 0) is 11.3 Å². The van der Waals surface area contributed by atoms with E-state index in [4.69, 9.17) is 0 Å². The van der Waals surface area contributed by atoms with Crippen molar-refractivity contribution in [1.29, 1.82) is 0 Å². The number of carbonyl (C=O) groups excluding carboxylic acids is 1. The molecule has 0 saturated carbocycles. The Morgan fingerprint density at radius 3 is 1.82 bits per heavy atom. The molecule has 0 spiro atoms. The van der Waals surface area contributed by atoms with Crippen LogP contribution in [0.15, 0.2) is 78.9 Å². The van der Waals surface area contributed by atoms with E-state index in [1.807, 2.05) is 37.1 Å². The molecule has 3 aromatic rings. The van der Waals surface area contributed by atoms with Gasteiger partial charge < -0.3 is 4.90 Å². The molecule has 34 heavy (non-hydrogen) atoms. The van der Waals surface area contributed by atoms with E-state index < -0.39 is 0 Å². The minimum absolute atomic E-state index is 0.123. The summed E-state index contributed by atoms with van der Waals surface area (Å²) in [4.78, 5) is 19.5. The Bertz CT molecular complexity index is 1020. The van der Waals surface area contributed by atoms with E-state index in [9.17, 15) is 13.6 Å². The number of carbonyl (C=O) groups is 1. The minimum atomic E-state index is -0.286. The molecule has 1 heterocycles. The molecule has 1 fully saturated rings. The first-order chi connectivity index (χ1) is 16.4. The Balaban J connectivity index is 1.43. The van der Waals surface area contributed by atoms with E-state index in [0.717, 1.165) is 11.1 Å². The molecule has 1 aliphatic heterocycles. The molecule has 4 rings (SSSR count). The predicted octanol–water partition coefficient (Wildman–Crippen LogP) is 4.72. The van der Waals surface area contributed by atoms with Gasteiger partial charge in [0.05, 0.1) is 12.1 Å². The number of nitrogens with zero attached hydrogens (tertiary/aromatic N) is 3. The van der Waals surface area contributed by atoms with Crippen LogP contribution in [0.4, 0.5) is 8.78 Å². The topological polar surface area (TPSA) is 26.8 Å². The van der Waals surface area contributed by atoms with Crippen LogP contribution in [0.1, 0.15) is 29.7 Å². The highest BCUT2D eigenvalue weighted by atomic mass is 19.1. The lowest BCUT2D eigenvalue weighted by atomic mass is 9.96. The zero-order chi connectivity index (χ0) is 24.1. The molecule has 6 heteroatoms. The number of amides is 1. The van der Waals surface area contributed by atoms with E-state index in [1.54, 1.807) is 24.3 Å². The normalized spacial score (nSPS) is 15.6. The van der Waals surface area contributed by atoms with Gasteiger partial charge in [0.15, 0.2) is 0 Å². The average Bonchev–Trinajstić information content (AvgIpc) is 2.86. The summed E-state index contributed by atoms with van der Waals surface area (Å²) < 4.78 is 27.1. The van der Waals surface area contributed by atoms with Crippen molar-refractivity contribution in [3.63, 3.8) is 0 Å². The summed E-state index contributed by atoms with van der Waals surface area (Å²) >= 11 is 0. The monoisotopic (exact) mass is 463 g/mol. The highest BCUT2D eigenvalue weighted by Gasteiger charge is 2.31. The maximum atomic E-state index is 13.6. The second kappa shape index (κ2) is 10.9. The van der Waals surface area contributed by atoms with Crippen molar-refractivity contribution in [2.24, 2.45) is 0 Å². The third-order valence-electron chi connectivity index (χ3n) is 6.66. The summed E-state index contributed by atoms with van der Waals surface area (Å²) in [6.45, 7) is 5.26. The summed E-state index contributed by atoms with van der Waals surface area (Å²) in [7, 11) is 1.98. The van der Waals surface area contributed by atoms with Crippen LogP contribution < -0.4 is 0 Å². The van der Waals surface area contributed by atoms with E-state index in [-0.39, 0.29) is 29.6 Å². The number of piperazine rings is 1. The molecular weight excluding hydrogens is 432 g/mol. The molecular formula is C28H31F2N3O. The van der Waals surface area contributed by atoms with Crippen molar-refractivity contribution in [3.8, 4) is 0 Å². The lowest BCUT2D eigenvalue weighted by Crippen LogP contribution is -2.54. The van der Waals surface area contributed by atoms with Crippen LogP contribution in [-0.4, -0.2) is 59.9 Å². The van der Waals surface area contributed by atoms with Gasteiger partial charge >= 0.3 is 0 Å². The Labute approximate surface area is 200 Å². The molecule has 4 nitrogen and oxygen atoms in total. The van der Waals surface area contributed by atoms with Crippen molar-refractivity contribution in [2.45, 2.75) is 25.6 Å². The third kappa shape index (κ3) is 5.69. The second-order valence-electron chi connectivity index (χ2n) is 8.94. The second-order valence-corrected chi connectivity index (χ2v) is 8.94. The summed E-state index contributed by atoms with van der Waals surface area (Å²) in [5.41, 5.74) is 3.07. The van der Waals surface area contributed by atoms with Gasteiger partial charge in [-0.05, 0) is 54.9 Å². The van der Waals surface area contributed by atoms with Gasteiger partial charge in [-0.3, -0.25) is 14.6 Å². The fraction of sp³-hybridized carbons (Fsp3) is 0.321. The van der Waals surface area contributed by atoms with E-state index in [1.165, 1.54) is 29.8 Å². The summed E-state index contributed by atoms with van der Waals surface area (Å²) in [6.07, 6.45) is 0. The Morgan fingerprint density at radius 1 is 0.824 bits per heavy atom. The molecule has 1 aliphatic rings. The molecule has 0 N–H and O–H groups in total. The summed E-state index contributed by atoms with van der Waals surface area (Å²) in [6, 6.07) is 22.7. The molecule has 0 unspecified atom stereocenters. The van der Waals surface area contributed by atoms with Crippen molar-refractivity contribution in [3.05, 3.63) is 107 Å². The number of halogens is 2. The number of hydrogen-bond acceptors (Lipinski definition) is 3. The fourth-order valence-electron chi connectivity index (χ4n) is 4.57. The quantitative estimate of drug-likeness (QED) is 0.507. The SMILES string of the molecule is C[C@@H](C(=O)N1CCN(C(c2ccc(F)cc2)c2ccc(F)cc2)CC1)N(C)Cc1ccccc1. The van der Waals surface area contributed by atoms with Crippen LogP contribution >= 0.6 is 0 Å². The molecule has 3 aromatic carbocycles. The Kier molecular flexibility index (Phi) is 7.70. The zero-order valence-electron chi connectivity index (χ0n) is 19.7. The van der Waals surface area contributed by atoms with Crippen molar-refractivity contribution in [1.82, 2.24) is 14.7 Å². The predicted molar refractivity (Wildman–Crippen MR) is 130 cm³/mol. The Hall–Kier alpha value is -3.09. The number of likely N-dealkylation sites (N-methyl/N-ethyl adjacent to an activating group) is 1. The van der Waals surface area contributed by atoms with Gasteiger partial charge in [-0.25, -0.2) is 8.78 Å². The number of rotatable bonds is 7. The van der Waals surface area contributed by atoms with Gasteiger partial charge in [0.2, 0.25) is 5.91 Å². The third-order valence-corrected chi connectivity index (χ3v) is 6.66. The molecule has 0 aromatic heterocycles. The van der Waals surface area contributed by atoms with Crippen LogP contribution in [0, 0.1) is 11.6 Å². The van der Waals surface area contributed by atoms with Gasteiger partial charge in [-0.15, -0.1) is 0 Å². The van der Waals surface area contributed by atoms with Gasteiger partial charge in [-0.1, -0.05) is 54.6 Å². The minimum Gasteiger partial charge on any atom is -0.339 e. The average molecular weight is 464 g/mol. The van der Waals surface area contributed by atoms with E-state index in [2.05, 4.69) is 21.9 Å². The highest BCUT2D eigenvalue weighted by Crippen LogP contribution is 2.30. The standard InChI is InChI=1S/C28H31F2N3O/c1-21(31(2)20-22-6-4-3-5-7-22)28(34)33-18-16-32(17-19-33)27(23-8-12-25(29)13-9-23)24-10-14-26(30)15-11-24/h3-15,21,27H,16-20H2,1-2H3/t21-/m0/s1. The first kappa shape index (κ1) is 24.0. The van der Waals surface area contributed by atoms with Gasteiger partial charge in [0.1, 0.15) is 11.6 Å². The molecule has 1 atom stereocenters. The van der Waals surface area contributed by atoms with E-state index >= 15 is 0 Å². The van der Waals surface area contributed by atoms with Crippen LogP contribution in [0.2, 0.25) is 0 Å². The summed E-state index contributed by atoms with van der Waals surface area (Å²) in [5.74, 6) is -0.450. The molecule has 178 valence electrons. The largest absolute Gasteiger partial charge is 0.339 e. The highest BCUT2D eigenvalue weighted by molar-refractivity contribution is 5.81. The molecule has 0 bridgehead atoms. The van der Waals surface area contributed by atoms with E-state index in [0.29, 0.717) is 32.7 Å². The summed E-state index contributed by atoms with van der Waals surface area (Å²) in [5, 5.41) is 0. The first-order valence-electron chi connectivity index (χ1n) is 11.7. The van der Waals surface area contributed by atoms with Crippen molar-refractivity contribution < 1.29 is 13.6 Å². The fourth-order valence-corrected chi connectivity index (χ4v) is 4.57. The molecule has 1 saturated heterocycles. The molecule has 0 aliphatic carbocycles. The molecule has 1 amide bonds. The van der Waals surface area contributed by atoms with Crippen LogP contribution in [0.3, 0.4) is 0 Å². The van der Waals surface area contributed by atoms with Gasteiger partial charge in [-0.2, -0.15) is 0 Å². The first-order valence-corrected chi connectivity index (χ1v) is 11.7. The number of benzene rings is 3. The smallest absolute Gasteiger partial charge is 0.239 e. The van der Waals surface area contributed by atoms with Crippen molar-refractivity contribution in [2.75, 3.05) is 33.2 Å². The zero-order valence-corrected chi connectivity index (χ0v) is 19.7. The molecule has 0 radical (unpaired) electrons. The number of hydrogen-bond donors (Lipinski definition) is 0. The Morgan fingerprint density at radius 2 is 1.32 bits per heavy atom. The van der Waals surface area contributed by atoms with Crippen molar-refractivity contribution >= 4 is 5.91 Å². The van der Waals surface area contributed by atoms with Gasteiger partial charge in [0, 0.05) is 32.7 Å². The van der Waals surface area contributed by atoms with Gasteiger partial charge in [0.25, 0.3) is 0 Å². The lowest BCUT2D eigenvalue weighted by molar-refractivity contribution is -0.138. The lowest BCUT2D eigenvalue weighted by Gasteiger charge is -2.41. The maximum Gasteiger partial charge on any atom is 0.239 e. The maximum absolute atomic E-state index is 13.6. The van der Waals surface area contributed by atoms with Crippen LogP contribution in [0.5, 0.6) is 0 Å². The van der Waals surface area contributed by atoms with Crippen LogP contribution in [0.25, 0.3) is 0 Å².